The fourth-order valence-electron chi connectivity index (χ4n) is 2.13. The molecule has 0 unspecified atom stereocenters. The number of anilines is 1. The second kappa shape index (κ2) is 6.25. The molecule has 0 spiro atoms. The quantitative estimate of drug-likeness (QED) is 0.897. The summed E-state index contributed by atoms with van der Waals surface area (Å²) >= 11 is 0. The van der Waals surface area contributed by atoms with E-state index in [1.165, 1.54) is 11.8 Å². The minimum Gasteiger partial charge on any atom is -0.476 e. The number of carboxylic acids is 1. The molecular formula is C15H19N3O5. The van der Waals surface area contributed by atoms with Crippen molar-refractivity contribution in [2.45, 2.75) is 33.1 Å². The molecule has 1 aromatic heterocycles. The number of amides is 1. The van der Waals surface area contributed by atoms with E-state index < -0.39 is 17.7 Å². The molecule has 0 saturated heterocycles. The van der Waals surface area contributed by atoms with Gasteiger partial charge in [-0.2, -0.15) is 5.10 Å². The number of benzene rings is 1. The van der Waals surface area contributed by atoms with Crippen LogP contribution in [0.5, 0.6) is 0 Å². The third kappa shape index (κ3) is 3.78. The van der Waals surface area contributed by atoms with Gasteiger partial charge in [-0.25, -0.2) is 14.3 Å². The number of rotatable bonds is 4. The molecule has 1 amide bonds. The Morgan fingerprint density at radius 3 is 2.61 bits per heavy atom. The Morgan fingerprint density at radius 1 is 1.35 bits per heavy atom. The molecule has 2 aromatic rings. The molecule has 124 valence electrons. The zero-order valence-corrected chi connectivity index (χ0v) is 13.4. The third-order valence-corrected chi connectivity index (χ3v) is 2.86. The van der Waals surface area contributed by atoms with Gasteiger partial charge in [-0.3, -0.25) is 5.32 Å². The van der Waals surface area contributed by atoms with Gasteiger partial charge in [0.15, 0.2) is 5.69 Å². The average Bonchev–Trinajstić information content (AvgIpc) is 2.77. The number of aromatic nitrogens is 2. The van der Waals surface area contributed by atoms with E-state index >= 15 is 0 Å². The monoisotopic (exact) mass is 321 g/mol. The number of carbonyl (C=O) groups excluding carboxylic acids is 1. The van der Waals surface area contributed by atoms with E-state index in [0.717, 1.165) is 0 Å². The molecule has 2 rings (SSSR count). The number of ether oxygens (including phenoxy) is 2. The van der Waals surface area contributed by atoms with Crippen LogP contribution in [0.2, 0.25) is 0 Å². The van der Waals surface area contributed by atoms with Crippen molar-refractivity contribution in [2.24, 2.45) is 0 Å². The molecule has 1 heterocycles. The number of nitrogens with one attached hydrogen (secondary N) is 1. The summed E-state index contributed by atoms with van der Waals surface area (Å²) in [7, 11) is 1.47. The molecule has 1 aromatic carbocycles. The van der Waals surface area contributed by atoms with Gasteiger partial charge in [0, 0.05) is 12.5 Å². The van der Waals surface area contributed by atoms with Crippen molar-refractivity contribution in [3.05, 3.63) is 23.9 Å². The van der Waals surface area contributed by atoms with Crippen LogP contribution in [-0.4, -0.2) is 39.7 Å². The highest BCUT2D eigenvalue weighted by atomic mass is 16.6. The van der Waals surface area contributed by atoms with E-state index in [-0.39, 0.29) is 12.4 Å². The van der Waals surface area contributed by atoms with Gasteiger partial charge in [-0.15, -0.1) is 0 Å². The maximum atomic E-state index is 12.0. The predicted molar refractivity (Wildman–Crippen MR) is 83.6 cm³/mol. The van der Waals surface area contributed by atoms with Crippen molar-refractivity contribution in [3.8, 4) is 0 Å². The van der Waals surface area contributed by atoms with Crippen LogP contribution < -0.4 is 5.32 Å². The number of carbonyl (C=O) groups is 2. The van der Waals surface area contributed by atoms with Crippen molar-refractivity contribution >= 4 is 28.7 Å². The molecule has 0 saturated carbocycles. The van der Waals surface area contributed by atoms with E-state index in [4.69, 9.17) is 9.47 Å². The Bertz CT molecular complexity index is 745. The van der Waals surface area contributed by atoms with E-state index in [0.29, 0.717) is 16.6 Å². The van der Waals surface area contributed by atoms with Crippen LogP contribution in [0.15, 0.2) is 18.2 Å². The zero-order chi connectivity index (χ0) is 17.2. The molecule has 0 aliphatic carbocycles. The summed E-state index contributed by atoms with van der Waals surface area (Å²) in [6.07, 6.45) is -0.632. The van der Waals surface area contributed by atoms with Crippen molar-refractivity contribution < 1.29 is 24.2 Å². The molecule has 8 nitrogen and oxygen atoms in total. The summed E-state index contributed by atoms with van der Waals surface area (Å²) in [5, 5.41) is 16.3. The van der Waals surface area contributed by atoms with Gasteiger partial charge in [0.2, 0.25) is 0 Å². The van der Waals surface area contributed by atoms with Crippen molar-refractivity contribution in [1.29, 1.82) is 0 Å². The van der Waals surface area contributed by atoms with E-state index in [1.807, 2.05) is 0 Å². The Kier molecular flexibility index (Phi) is 4.55. The number of hydrogen-bond acceptors (Lipinski definition) is 5. The van der Waals surface area contributed by atoms with Crippen LogP contribution in [0.1, 0.15) is 31.3 Å². The lowest BCUT2D eigenvalue weighted by Crippen LogP contribution is -2.27. The molecule has 23 heavy (non-hydrogen) atoms. The number of para-hydroxylation sites is 1. The van der Waals surface area contributed by atoms with Gasteiger partial charge < -0.3 is 14.6 Å². The standard InChI is InChI=1S/C15H19N3O5/c1-15(2,3)23-14(21)16-10-7-5-6-9-11(13(19)20)17-18(8-22-4)12(9)10/h5-7H,8H2,1-4H3,(H,16,21)(H,19,20). The van der Waals surface area contributed by atoms with Crippen molar-refractivity contribution in [1.82, 2.24) is 9.78 Å². The highest BCUT2D eigenvalue weighted by molar-refractivity contribution is 6.07. The highest BCUT2D eigenvalue weighted by Gasteiger charge is 2.21. The van der Waals surface area contributed by atoms with Crippen LogP contribution in [0.25, 0.3) is 10.9 Å². The molecule has 0 atom stereocenters. The summed E-state index contributed by atoms with van der Waals surface area (Å²) in [6.45, 7) is 5.32. The fraction of sp³-hybridized carbons (Fsp3) is 0.400. The van der Waals surface area contributed by atoms with Gasteiger partial charge in [0.25, 0.3) is 0 Å². The highest BCUT2D eigenvalue weighted by Crippen LogP contribution is 2.27. The number of carboxylic acid groups (broad SMARTS) is 1. The number of fused-ring (bicyclic) bond motifs is 1. The fourth-order valence-corrected chi connectivity index (χ4v) is 2.13. The minimum absolute atomic E-state index is 0.0524. The van der Waals surface area contributed by atoms with Gasteiger partial charge in [-0.1, -0.05) is 12.1 Å². The van der Waals surface area contributed by atoms with E-state index in [9.17, 15) is 14.7 Å². The first-order chi connectivity index (χ1) is 10.7. The predicted octanol–water partition coefficient (Wildman–Crippen LogP) is 2.69. The first-order valence-electron chi connectivity index (χ1n) is 6.94. The van der Waals surface area contributed by atoms with Gasteiger partial charge in [0.05, 0.1) is 11.2 Å². The Hall–Kier alpha value is -2.61. The lowest BCUT2D eigenvalue weighted by atomic mass is 10.2. The summed E-state index contributed by atoms with van der Waals surface area (Å²) in [6, 6.07) is 4.91. The number of aromatic carboxylic acids is 1. The maximum Gasteiger partial charge on any atom is 0.412 e. The van der Waals surface area contributed by atoms with Crippen molar-refractivity contribution in [2.75, 3.05) is 12.4 Å². The Balaban J connectivity index is 2.48. The Morgan fingerprint density at radius 2 is 2.04 bits per heavy atom. The second-order valence-electron chi connectivity index (χ2n) is 5.90. The van der Waals surface area contributed by atoms with E-state index in [1.54, 1.807) is 39.0 Å². The smallest absolute Gasteiger partial charge is 0.412 e. The lowest BCUT2D eigenvalue weighted by Gasteiger charge is -2.20. The van der Waals surface area contributed by atoms with Gasteiger partial charge >= 0.3 is 12.1 Å². The topological polar surface area (TPSA) is 103 Å². The van der Waals surface area contributed by atoms with Crippen LogP contribution in [-0.2, 0) is 16.2 Å². The number of nitrogens with zero attached hydrogens (tertiary/aromatic N) is 2. The first kappa shape index (κ1) is 16.8. The summed E-state index contributed by atoms with van der Waals surface area (Å²) in [5.41, 5.74) is 0.105. The van der Waals surface area contributed by atoms with Crippen LogP contribution in [0.4, 0.5) is 10.5 Å². The Labute approximate surface area is 133 Å². The molecule has 0 aliphatic rings. The lowest BCUT2D eigenvalue weighted by molar-refractivity contribution is 0.0633. The molecule has 0 aliphatic heterocycles. The van der Waals surface area contributed by atoms with Gasteiger partial charge in [0.1, 0.15) is 12.3 Å². The first-order valence-corrected chi connectivity index (χ1v) is 6.94. The molecule has 2 N–H and O–H groups in total. The molecule has 8 heteroatoms. The van der Waals surface area contributed by atoms with Crippen LogP contribution in [0, 0.1) is 0 Å². The normalized spacial score (nSPS) is 11.5. The molecular weight excluding hydrogens is 302 g/mol. The van der Waals surface area contributed by atoms with Crippen LogP contribution in [0.3, 0.4) is 0 Å². The van der Waals surface area contributed by atoms with E-state index in [2.05, 4.69) is 10.4 Å². The minimum atomic E-state index is -1.15. The zero-order valence-electron chi connectivity index (χ0n) is 13.4. The van der Waals surface area contributed by atoms with Crippen molar-refractivity contribution in [3.63, 3.8) is 0 Å². The second-order valence-corrected chi connectivity index (χ2v) is 5.90. The summed E-state index contributed by atoms with van der Waals surface area (Å²) < 4.78 is 11.6. The SMILES string of the molecule is COCn1nc(C(=O)O)c2cccc(NC(=O)OC(C)(C)C)c21. The van der Waals surface area contributed by atoms with Crippen LogP contribution >= 0.6 is 0 Å². The van der Waals surface area contributed by atoms with Gasteiger partial charge in [-0.05, 0) is 26.8 Å². The third-order valence-electron chi connectivity index (χ3n) is 2.86. The molecule has 0 bridgehead atoms. The number of methoxy groups -OCH3 is 1. The molecule has 0 radical (unpaired) electrons. The largest absolute Gasteiger partial charge is 0.476 e. The summed E-state index contributed by atoms with van der Waals surface area (Å²) in [4.78, 5) is 23.3. The summed E-state index contributed by atoms with van der Waals surface area (Å²) in [5.74, 6) is -1.15. The number of hydrogen-bond donors (Lipinski definition) is 2. The molecule has 0 fully saturated rings. The maximum absolute atomic E-state index is 12.0. The average molecular weight is 321 g/mol.